The van der Waals surface area contributed by atoms with Crippen LogP contribution in [-0.2, 0) is 14.8 Å². The minimum atomic E-state index is -4.62. The summed E-state index contributed by atoms with van der Waals surface area (Å²) in [7, 11) is -4.62. The number of aromatic amines is 1. The molecular weight excluding hydrogens is 921 g/mol. The molecule has 3 aliphatic rings. The van der Waals surface area contributed by atoms with Gasteiger partial charge in [-0.1, -0.05) is 49.4 Å². The monoisotopic (exact) mass is 982 g/mol. The van der Waals surface area contributed by atoms with E-state index in [2.05, 4.69) is 61.3 Å². The van der Waals surface area contributed by atoms with Gasteiger partial charge in [0.25, 0.3) is 21.6 Å². The number of nitrogens with zero attached hydrogens (tertiary/aromatic N) is 4. The number of nitrogens with two attached hydrogens (primary N) is 1. The van der Waals surface area contributed by atoms with Crippen LogP contribution >= 0.6 is 0 Å². The van der Waals surface area contributed by atoms with Crippen molar-refractivity contribution in [2.75, 3.05) is 36.4 Å². The first-order chi connectivity index (χ1) is 34.0. The van der Waals surface area contributed by atoms with Gasteiger partial charge in [-0.15, -0.1) is 0 Å². The molecule has 1 saturated carbocycles. The third kappa shape index (κ3) is 10.8. The Bertz CT molecular complexity index is 3050. The van der Waals surface area contributed by atoms with Gasteiger partial charge < -0.3 is 35.7 Å². The number of sulfonamides is 1. The molecule has 17 heteroatoms. The fraction of sp³-hybridized carbons (Fsp3) is 0.389. The number of carbonyl (C=O) groups is 2. The van der Waals surface area contributed by atoms with Crippen LogP contribution in [0.1, 0.15) is 112 Å². The number of ether oxygens (including phenoxy) is 1. The van der Waals surface area contributed by atoms with E-state index < -0.39 is 42.6 Å². The van der Waals surface area contributed by atoms with Crippen molar-refractivity contribution in [1.82, 2.24) is 19.6 Å². The van der Waals surface area contributed by atoms with E-state index in [0.29, 0.717) is 61.8 Å². The van der Waals surface area contributed by atoms with E-state index >= 15 is 0 Å². The second-order valence-corrected chi connectivity index (χ2v) is 21.7. The number of fused-ring (bicyclic) bond motifs is 1. The highest BCUT2D eigenvalue weighted by molar-refractivity contribution is 7.90. The van der Waals surface area contributed by atoms with Gasteiger partial charge in [0.15, 0.2) is 0 Å². The predicted molar refractivity (Wildman–Crippen MR) is 274 cm³/mol. The van der Waals surface area contributed by atoms with Gasteiger partial charge in [0.05, 0.1) is 38.8 Å². The Balaban J connectivity index is 0.936. The Morgan fingerprint density at radius 2 is 1.65 bits per heavy atom. The van der Waals surface area contributed by atoms with Crippen molar-refractivity contribution in [2.45, 2.75) is 107 Å². The van der Waals surface area contributed by atoms with Crippen molar-refractivity contribution >= 4 is 49.9 Å². The number of rotatable bonds is 15. The van der Waals surface area contributed by atoms with Crippen molar-refractivity contribution in [3.8, 4) is 22.6 Å². The highest BCUT2D eigenvalue weighted by Gasteiger charge is 2.35. The number of nitro benzene ring substituents is 1. The third-order valence-corrected chi connectivity index (χ3v) is 16.0. The summed E-state index contributed by atoms with van der Waals surface area (Å²) in [5.74, 6) is -0.103. The highest BCUT2D eigenvalue weighted by Crippen LogP contribution is 2.43. The van der Waals surface area contributed by atoms with E-state index in [1.54, 1.807) is 38.2 Å². The van der Waals surface area contributed by atoms with Crippen molar-refractivity contribution in [2.24, 2.45) is 11.7 Å². The first kappa shape index (κ1) is 49.2. The summed E-state index contributed by atoms with van der Waals surface area (Å²) in [6.45, 7) is 8.15. The zero-order valence-corrected chi connectivity index (χ0v) is 41.2. The molecule has 2 aliphatic heterocycles. The number of hydrogen-bond donors (Lipinski definition) is 5. The molecule has 4 heterocycles. The number of H-pyrrole nitrogens is 1. The van der Waals surface area contributed by atoms with E-state index in [-0.39, 0.29) is 34.9 Å². The standard InChI is InChI=1S/C54H62N8O8S/c1-4-54(65)24-19-35(20-25-54)33-57-46-18-16-42(32-48(46)62(66)67)71(68,69)59-51(63)45-17-13-38(31-49(45)70-41-30-39-21-26-56-50(39)58-34-41)36-11-14-40(15-12-36)61-27-7-10-47(61)44-9-6-5-8-43(44)37-22-28-60(29-23-37)52(64)53(2,3)55/h5-6,8-9,11-18,21,26,30-32,34-35,37,47,57,65H,4,7,10,19-20,22-25,27-29,33,55H2,1-3H3,(H,56,58)(H,59,63)/t35-,47-,54-/m1/s1. The number of nitrogens with one attached hydrogen (secondary N) is 3. The van der Waals surface area contributed by atoms with Crippen LogP contribution in [0.5, 0.6) is 11.5 Å². The van der Waals surface area contributed by atoms with Crippen molar-refractivity contribution in [3.05, 3.63) is 136 Å². The molecule has 6 N–H and O–H groups in total. The fourth-order valence-corrected chi connectivity index (χ4v) is 11.5. The number of pyridine rings is 1. The number of piperidine rings is 1. The van der Waals surface area contributed by atoms with E-state index in [1.807, 2.05) is 30.0 Å². The number of carbonyl (C=O) groups excluding carboxylic acids is 2. The van der Waals surface area contributed by atoms with Crippen LogP contribution in [0.4, 0.5) is 17.1 Å². The summed E-state index contributed by atoms with van der Waals surface area (Å²) in [4.78, 5) is 49.9. The first-order valence-electron chi connectivity index (χ1n) is 24.6. The third-order valence-electron chi connectivity index (χ3n) is 14.7. The van der Waals surface area contributed by atoms with Gasteiger partial charge >= 0.3 is 0 Å². The molecule has 9 rings (SSSR count). The van der Waals surface area contributed by atoms with Crippen molar-refractivity contribution in [1.29, 1.82) is 0 Å². The van der Waals surface area contributed by atoms with Crippen molar-refractivity contribution < 1.29 is 32.8 Å². The molecule has 4 aromatic carbocycles. The Hall–Kier alpha value is -6.82. The minimum Gasteiger partial charge on any atom is -0.455 e. The maximum atomic E-state index is 14.1. The molecule has 71 heavy (non-hydrogen) atoms. The number of hydrogen-bond acceptors (Lipinski definition) is 12. The molecule has 0 radical (unpaired) electrons. The quantitative estimate of drug-likeness (QED) is 0.0479. The van der Waals surface area contributed by atoms with Gasteiger partial charge in [-0.2, -0.15) is 0 Å². The van der Waals surface area contributed by atoms with Gasteiger partial charge in [0, 0.05) is 49.5 Å². The topological polar surface area (TPSA) is 226 Å². The van der Waals surface area contributed by atoms with Crippen LogP contribution in [0.25, 0.3) is 22.2 Å². The first-order valence-corrected chi connectivity index (χ1v) is 26.1. The van der Waals surface area contributed by atoms with Crippen LogP contribution in [0.3, 0.4) is 0 Å². The SMILES string of the molecule is CC[C@]1(O)CC[C@H](CNc2ccc(S(=O)(=O)NC(=O)c3ccc(-c4ccc(N5CCC[C@@H]5c5ccccc5C5CCN(C(=O)C(C)(C)N)CC5)cc4)cc3Oc3cnc4[nH]ccc4c3)cc2[N+](=O)[O-])CC1. The lowest BCUT2D eigenvalue weighted by atomic mass is 9.77. The molecule has 0 spiro atoms. The summed E-state index contributed by atoms with van der Waals surface area (Å²) >= 11 is 0. The maximum Gasteiger partial charge on any atom is 0.293 e. The summed E-state index contributed by atoms with van der Waals surface area (Å²) in [5.41, 5.74) is 10.1. The number of nitro groups is 1. The van der Waals surface area contributed by atoms with E-state index in [1.165, 1.54) is 35.5 Å². The lowest BCUT2D eigenvalue weighted by molar-refractivity contribution is -0.384. The van der Waals surface area contributed by atoms with E-state index in [4.69, 9.17) is 10.5 Å². The Kier molecular flexibility index (Phi) is 13.9. The summed E-state index contributed by atoms with van der Waals surface area (Å²) < 4.78 is 36.1. The largest absolute Gasteiger partial charge is 0.455 e. The lowest BCUT2D eigenvalue weighted by Gasteiger charge is -2.37. The van der Waals surface area contributed by atoms with Gasteiger partial charge in [-0.25, -0.2) is 18.1 Å². The number of aliphatic hydroxyl groups is 1. The molecule has 16 nitrogen and oxygen atoms in total. The van der Waals surface area contributed by atoms with Crippen LogP contribution in [-0.4, -0.2) is 82.4 Å². The van der Waals surface area contributed by atoms with Crippen LogP contribution in [0, 0.1) is 16.0 Å². The molecule has 372 valence electrons. The number of amides is 2. The predicted octanol–water partition coefficient (Wildman–Crippen LogP) is 9.58. The minimum absolute atomic E-state index is 0.0150. The molecule has 2 aromatic heterocycles. The molecule has 6 aromatic rings. The zero-order valence-electron chi connectivity index (χ0n) is 40.4. The van der Waals surface area contributed by atoms with Crippen molar-refractivity contribution in [3.63, 3.8) is 0 Å². The highest BCUT2D eigenvalue weighted by atomic mass is 32.2. The van der Waals surface area contributed by atoms with Gasteiger partial charge in [0.1, 0.15) is 22.8 Å². The lowest BCUT2D eigenvalue weighted by Crippen LogP contribution is -2.53. The van der Waals surface area contributed by atoms with Gasteiger partial charge in [-0.05, 0) is 154 Å². The van der Waals surface area contributed by atoms with E-state index in [0.717, 1.165) is 67.8 Å². The Morgan fingerprint density at radius 1 is 0.930 bits per heavy atom. The summed E-state index contributed by atoms with van der Waals surface area (Å²) in [5, 5.41) is 26.7. The van der Waals surface area contributed by atoms with Crippen LogP contribution in [0.15, 0.2) is 114 Å². The number of aromatic nitrogens is 2. The summed E-state index contributed by atoms with van der Waals surface area (Å²) in [6.07, 6.45) is 10.5. The second-order valence-electron chi connectivity index (χ2n) is 20.0. The van der Waals surface area contributed by atoms with Gasteiger partial charge in [-0.3, -0.25) is 19.7 Å². The molecule has 0 unspecified atom stereocenters. The number of likely N-dealkylation sites (tertiary alicyclic amines) is 1. The number of anilines is 2. The maximum absolute atomic E-state index is 14.1. The van der Waals surface area contributed by atoms with Crippen LogP contribution in [0.2, 0.25) is 0 Å². The van der Waals surface area contributed by atoms with Crippen LogP contribution < -0.4 is 25.4 Å². The molecule has 1 aliphatic carbocycles. The Labute approximate surface area is 414 Å². The smallest absolute Gasteiger partial charge is 0.293 e. The Morgan fingerprint density at radius 3 is 2.35 bits per heavy atom. The molecule has 2 saturated heterocycles. The fourth-order valence-electron chi connectivity index (χ4n) is 10.6. The molecule has 1 atom stereocenters. The zero-order chi connectivity index (χ0) is 50.1. The van der Waals surface area contributed by atoms with E-state index in [9.17, 15) is 33.2 Å². The molecule has 2 amide bonds. The normalized spacial score (nSPS) is 20.0. The summed E-state index contributed by atoms with van der Waals surface area (Å²) in [6, 6.07) is 29.1. The average Bonchev–Trinajstić information content (AvgIpc) is 4.06. The molecule has 0 bridgehead atoms. The molecular formula is C54H62N8O8S. The number of benzene rings is 4. The second kappa shape index (κ2) is 20.1. The molecule has 3 fully saturated rings. The van der Waals surface area contributed by atoms with Gasteiger partial charge in [0.2, 0.25) is 5.91 Å². The average molecular weight is 983 g/mol.